The Hall–Kier alpha value is -3.01. The van der Waals surface area contributed by atoms with Crippen LogP contribution in [0.2, 0.25) is 5.15 Å². The van der Waals surface area contributed by atoms with Crippen LogP contribution in [0.1, 0.15) is 53.9 Å². The molecule has 212 valence electrons. The molecule has 0 unspecified atom stereocenters. The molecule has 7 nitrogen and oxygen atoms in total. The van der Waals surface area contributed by atoms with E-state index >= 15 is 0 Å². The average Bonchev–Trinajstić information content (AvgIpc) is 2.87. The lowest BCUT2D eigenvalue weighted by Crippen LogP contribution is -2.42. The number of hydrogen-bond donors (Lipinski definition) is 0. The van der Waals surface area contributed by atoms with Crippen LogP contribution in [0, 0.1) is 5.92 Å². The van der Waals surface area contributed by atoms with Crippen molar-refractivity contribution in [3.63, 3.8) is 0 Å². The van der Waals surface area contributed by atoms with E-state index in [9.17, 15) is 22.8 Å². The molecule has 2 aliphatic heterocycles. The molecule has 11 heteroatoms. The number of methoxy groups -OCH3 is 1. The fourth-order valence-corrected chi connectivity index (χ4v) is 5.37. The van der Waals surface area contributed by atoms with Crippen molar-refractivity contribution in [1.82, 2.24) is 14.8 Å². The van der Waals surface area contributed by atoms with E-state index in [0.29, 0.717) is 17.9 Å². The first-order valence-electron chi connectivity index (χ1n) is 13.2. The molecule has 2 saturated heterocycles. The Morgan fingerprint density at radius 1 is 1.15 bits per heavy atom. The molecule has 1 aromatic heterocycles. The second kappa shape index (κ2) is 12.4. The highest BCUT2D eigenvalue weighted by molar-refractivity contribution is 6.32. The van der Waals surface area contributed by atoms with Crippen molar-refractivity contribution in [2.45, 2.75) is 44.2 Å². The highest BCUT2D eigenvalue weighted by atomic mass is 35.5. The Morgan fingerprint density at radius 3 is 2.46 bits per heavy atom. The first kappa shape index (κ1) is 29.0. The van der Waals surface area contributed by atoms with E-state index in [1.165, 1.54) is 37.3 Å². The van der Waals surface area contributed by atoms with Crippen LogP contribution in [0.4, 0.5) is 19.0 Å². The van der Waals surface area contributed by atoms with Gasteiger partial charge in [0.2, 0.25) is 5.91 Å². The molecule has 0 radical (unpaired) electrons. The minimum absolute atomic E-state index is 0.0856. The van der Waals surface area contributed by atoms with Gasteiger partial charge >= 0.3 is 6.18 Å². The van der Waals surface area contributed by atoms with Crippen molar-refractivity contribution in [1.29, 1.82) is 0 Å². The van der Waals surface area contributed by atoms with Gasteiger partial charge in [-0.05, 0) is 67.9 Å². The number of carbonyl (C=O) groups is 2. The van der Waals surface area contributed by atoms with Crippen molar-refractivity contribution in [3.05, 3.63) is 52.7 Å². The number of halogens is 4. The summed E-state index contributed by atoms with van der Waals surface area (Å²) in [7, 11) is 2.80. The van der Waals surface area contributed by atoms with Crippen LogP contribution >= 0.6 is 11.6 Å². The Bertz CT molecular complexity index is 1170. The Morgan fingerprint density at radius 2 is 1.87 bits per heavy atom. The zero-order valence-corrected chi connectivity index (χ0v) is 23.0. The minimum Gasteiger partial charge on any atom is -0.497 e. The fraction of sp³-hybridized carbons (Fsp3) is 0.536. The normalized spacial score (nSPS) is 17.0. The number of likely N-dealkylation sites (N-methyl/N-ethyl adjacent to an activating group) is 1. The van der Waals surface area contributed by atoms with Gasteiger partial charge in [-0.15, -0.1) is 0 Å². The molecule has 0 N–H and O–H groups in total. The highest BCUT2D eigenvalue weighted by Gasteiger charge is 2.47. The van der Waals surface area contributed by atoms with Gasteiger partial charge < -0.3 is 19.4 Å². The molecule has 2 aliphatic rings. The van der Waals surface area contributed by atoms with Gasteiger partial charge in [-0.3, -0.25) is 9.59 Å². The van der Waals surface area contributed by atoms with E-state index < -0.39 is 18.0 Å². The summed E-state index contributed by atoms with van der Waals surface area (Å²) in [5.41, 5.74) is 0.297. The Balaban J connectivity index is 1.26. The van der Waals surface area contributed by atoms with Gasteiger partial charge in [-0.1, -0.05) is 23.7 Å². The number of anilines is 1. The van der Waals surface area contributed by atoms with Crippen LogP contribution in [0.5, 0.6) is 5.75 Å². The molecule has 1 aromatic carbocycles. The Labute approximate surface area is 231 Å². The molecule has 3 heterocycles. The molecule has 39 heavy (non-hydrogen) atoms. The van der Waals surface area contributed by atoms with Gasteiger partial charge in [-0.25, -0.2) is 4.98 Å². The molecule has 0 spiro atoms. The van der Waals surface area contributed by atoms with Crippen LogP contribution in [0.15, 0.2) is 36.4 Å². The average molecular weight is 567 g/mol. The first-order valence-corrected chi connectivity index (χ1v) is 13.6. The van der Waals surface area contributed by atoms with E-state index in [1.807, 2.05) is 6.07 Å². The Kier molecular flexibility index (Phi) is 9.25. The molecular weight excluding hydrogens is 533 g/mol. The molecule has 4 rings (SSSR count). The van der Waals surface area contributed by atoms with E-state index in [2.05, 4.69) is 9.88 Å². The molecule has 0 aliphatic carbocycles. The van der Waals surface area contributed by atoms with E-state index in [0.717, 1.165) is 57.7 Å². The third-order valence-electron chi connectivity index (χ3n) is 7.63. The van der Waals surface area contributed by atoms with Gasteiger partial charge in [0.1, 0.15) is 16.7 Å². The summed E-state index contributed by atoms with van der Waals surface area (Å²) in [5, 5.41) is 0.213. The van der Waals surface area contributed by atoms with Gasteiger partial charge in [0.15, 0.2) is 5.92 Å². The number of hydrogen-bond acceptors (Lipinski definition) is 5. The number of piperidine rings is 1. The van der Waals surface area contributed by atoms with Crippen molar-refractivity contribution >= 4 is 29.2 Å². The van der Waals surface area contributed by atoms with Gasteiger partial charge in [0, 0.05) is 39.8 Å². The number of nitrogens with zero attached hydrogens (tertiary/aromatic N) is 4. The fourth-order valence-electron chi connectivity index (χ4n) is 5.14. The monoisotopic (exact) mass is 566 g/mol. The molecule has 0 saturated carbocycles. The molecule has 2 aromatic rings. The van der Waals surface area contributed by atoms with Crippen LogP contribution in [0.25, 0.3) is 0 Å². The van der Waals surface area contributed by atoms with E-state index in [4.69, 9.17) is 16.3 Å². The van der Waals surface area contributed by atoms with Crippen molar-refractivity contribution in [2.24, 2.45) is 5.92 Å². The topological polar surface area (TPSA) is 66.0 Å². The quantitative estimate of drug-likeness (QED) is 0.381. The number of ether oxygens (including phenoxy) is 1. The highest BCUT2D eigenvalue weighted by Crippen LogP contribution is 2.37. The lowest BCUT2D eigenvalue weighted by atomic mass is 9.92. The molecule has 0 bridgehead atoms. The maximum atomic E-state index is 13.9. The molecule has 2 fully saturated rings. The number of carbonyl (C=O) groups excluding carboxylic acids is 2. The number of rotatable bonds is 9. The number of aromatic nitrogens is 1. The third-order valence-corrected chi connectivity index (χ3v) is 7.92. The smallest absolute Gasteiger partial charge is 0.404 e. The van der Waals surface area contributed by atoms with E-state index in [1.54, 1.807) is 17.0 Å². The summed E-state index contributed by atoms with van der Waals surface area (Å²) in [6.45, 7) is 3.29. The van der Waals surface area contributed by atoms with E-state index in [-0.39, 0.29) is 28.9 Å². The van der Waals surface area contributed by atoms with Gasteiger partial charge in [0.05, 0.1) is 12.7 Å². The predicted molar refractivity (Wildman–Crippen MR) is 143 cm³/mol. The van der Waals surface area contributed by atoms with Gasteiger partial charge in [-0.2, -0.15) is 13.2 Å². The van der Waals surface area contributed by atoms with Crippen LogP contribution in [-0.4, -0.2) is 79.7 Å². The number of benzene rings is 1. The van der Waals surface area contributed by atoms with Crippen molar-refractivity contribution < 1.29 is 27.5 Å². The van der Waals surface area contributed by atoms with Crippen LogP contribution in [-0.2, 0) is 4.79 Å². The zero-order valence-electron chi connectivity index (χ0n) is 22.2. The van der Waals surface area contributed by atoms with Crippen LogP contribution < -0.4 is 9.64 Å². The summed E-state index contributed by atoms with van der Waals surface area (Å²) >= 11 is 6.33. The summed E-state index contributed by atoms with van der Waals surface area (Å²) in [5.74, 6) is -1.86. The minimum atomic E-state index is -4.71. The number of pyridine rings is 1. The number of alkyl halides is 3. The SMILES string of the molecule is COc1cccc([C@@H](C(=O)N(C)CCCC2CCN(c3ccc(C(=O)N4CCC4)c(Cl)n3)CC2)C(F)(F)F)c1. The first-order chi connectivity index (χ1) is 18.6. The lowest BCUT2D eigenvalue weighted by Gasteiger charge is -2.34. The van der Waals surface area contributed by atoms with Crippen molar-refractivity contribution in [3.8, 4) is 5.75 Å². The summed E-state index contributed by atoms with van der Waals surface area (Å²) in [6.07, 6.45) is -0.456. The van der Waals surface area contributed by atoms with Crippen LogP contribution in [0.3, 0.4) is 0 Å². The van der Waals surface area contributed by atoms with Crippen molar-refractivity contribution in [2.75, 3.05) is 51.8 Å². The second-order valence-corrected chi connectivity index (χ2v) is 10.6. The molecular formula is C28H34ClF3N4O3. The lowest BCUT2D eigenvalue weighted by molar-refractivity contribution is -0.171. The second-order valence-electron chi connectivity index (χ2n) is 10.2. The summed E-state index contributed by atoms with van der Waals surface area (Å²) in [4.78, 5) is 34.8. The predicted octanol–water partition coefficient (Wildman–Crippen LogP) is 5.39. The largest absolute Gasteiger partial charge is 0.497 e. The summed E-state index contributed by atoms with van der Waals surface area (Å²) < 4.78 is 46.6. The maximum absolute atomic E-state index is 13.9. The number of amides is 2. The zero-order chi connectivity index (χ0) is 28.2. The standard InChI is InChI=1S/C28H34ClF3N4O3/c1-34(27(38)24(28(30,31)32)20-7-3-8-21(18-20)39-2)13-4-6-19-11-16-35(17-12-19)23-10-9-22(25(29)33-23)26(37)36-14-5-15-36/h3,7-10,18-19,24H,4-6,11-17H2,1-2H3/t24-/m0/s1. The summed E-state index contributed by atoms with van der Waals surface area (Å²) in [6, 6.07) is 9.14. The number of likely N-dealkylation sites (tertiary alicyclic amines) is 1. The maximum Gasteiger partial charge on any atom is 0.404 e. The molecule has 1 atom stereocenters. The van der Waals surface area contributed by atoms with Gasteiger partial charge in [0.25, 0.3) is 5.91 Å². The third kappa shape index (κ3) is 6.96. The molecule has 2 amide bonds.